The second kappa shape index (κ2) is 9.15. The molecule has 3 amide bonds. The van der Waals surface area contributed by atoms with Crippen molar-refractivity contribution >= 4 is 18.1 Å². The van der Waals surface area contributed by atoms with E-state index in [9.17, 15) is 14.4 Å². The second-order valence-corrected chi connectivity index (χ2v) is 3.96. The summed E-state index contributed by atoms with van der Waals surface area (Å²) < 4.78 is 4.81. The number of carboxylic acid groups (broad SMARTS) is 1. The first-order valence-corrected chi connectivity index (χ1v) is 6.14. The van der Waals surface area contributed by atoms with Gasteiger partial charge in [-0.3, -0.25) is 0 Å². The van der Waals surface area contributed by atoms with E-state index in [0.29, 0.717) is 17.7 Å². The normalized spacial score (nSPS) is 11.7. The molecule has 0 unspecified atom stereocenters. The zero-order valence-corrected chi connectivity index (χ0v) is 11.0. The first-order chi connectivity index (χ1) is 8.95. The highest BCUT2D eigenvalue weighted by atomic mass is 16.6. The van der Waals surface area contributed by atoms with Crippen LogP contribution in [0.25, 0.3) is 0 Å². The van der Waals surface area contributed by atoms with E-state index in [4.69, 9.17) is 21.3 Å². The number of amides is 3. The number of urea groups is 1. The molecule has 0 aromatic rings. The zero-order valence-electron chi connectivity index (χ0n) is 11.0. The van der Waals surface area contributed by atoms with Crippen molar-refractivity contribution in [3.8, 4) is 0 Å². The van der Waals surface area contributed by atoms with Crippen molar-refractivity contribution < 1.29 is 24.2 Å². The third-order valence-corrected chi connectivity index (χ3v) is 2.44. The third kappa shape index (κ3) is 6.05. The minimum atomic E-state index is -1.35. The van der Waals surface area contributed by atoms with Gasteiger partial charge in [-0.05, 0) is 25.8 Å². The van der Waals surface area contributed by atoms with Crippen molar-refractivity contribution in [2.45, 2.75) is 38.6 Å². The van der Waals surface area contributed by atoms with Crippen LogP contribution in [0.15, 0.2) is 0 Å². The summed E-state index contributed by atoms with van der Waals surface area (Å²) in [5.41, 5.74) is 10.3. The average molecular weight is 275 g/mol. The Hall–Kier alpha value is -1.83. The number of aliphatic carboxylic acids is 1. The number of nitrogens with zero attached hydrogens (tertiary/aromatic N) is 1. The number of imide groups is 1. The fourth-order valence-electron chi connectivity index (χ4n) is 1.42. The molecule has 110 valence electrons. The lowest BCUT2D eigenvalue weighted by Crippen LogP contribution is -2.51. The molecule has 0 aromatic carbocycles. The van der Waals surface area contributed by atoms with E-state index in [1.54, 1.807) is 0 Å². The van der Waals surface area contributed by atoms with Crippen LogP contribution in [0.3, 0.4) is 0 Å². The predicted octanol–water partition coefficient (Wildman–Crippen LogP) is 0.496. The Morgan fingerprint density at radius 2 is 1.95 bits per heavy atom. The van der Waals surface area contributed by atoms with Crippen LogP contribution in [0.1, 0.15) is 32.6 Å². The summed E-state index contributed by atoms with van der Waals surface area (Å²) in [5.74, 6) is -1.32. The molecule has 0 heterocycles. The number of hydrogen-bond donors (Lipinski definition) is 3. The molecule has 0 rings (SSSR count). The van der Waals surface area contributed by atoms with Crippen molar-refractivity contribution in [1.82, 2.24) is 4.90 Å². The standard InChI is InChI=1S/C11H21N3O5/c1-2-3-7-19-11(18)14(10(13)17)8(9(15)16)5-4-6-12/h8H,2-7,12H2,1H3,(H2,13,17)(H,15,16)/t8-/m0/s1. The largest absolute Gasteiger partial charge is 0.480 e. The highest BCUT2D eigenvalue weighted by Gasteiger charge is 2.34. The minimum Gasteiger partial charge on any atom is -0.480 e. The van der Waals surface area contributed by atoms with Gasteiger partial charge in [-0.2, -0.15) is 0 Å². The van der Waals surface area contributed by atoms with Gasteiger partial charge in [0.15, 0.2) is 0 Å². The van der Waals surface area contributed by atoms with Crippen molar-refractivity contribution in [3.05, 3.63) is 0 Å². The summed E-state index contributed by atoms with van der Waals surface area (Å²) in [5, 5.41) is 9.04. The molecule has 0 aliphatic carbocycles. The average Bonchev–Trinajstić information content (AvgIpc) is 2.33. The smallest absolute Gasteiger partial charge is 0.418 e. The van der Waals surface area contributed by atoms with Crippen LogP contribution in [0, 0.1) is 0 Å². The number of carboxylic acids is 1. The Kier molecular flexibility index (Phi) is 8.27. The van der Waals surface area contributed by atoms with E-state index in [1.165, 1.54) is 0 Å². The highest BCUT2D eigenvalue weighted by molar-refractivity contribution is 5.94. The summed E-state index contributed by atoms with van der Waals surface area (Å²) in [4.78, 5) is 34.4. The molecule has 0 fully saturated rings. The number of carbonyl (C=O) groups is 3. The number of unbranched alkanes of at least 4 members (excludes halogenated alkanes) is 1. The molecule has 8 nitrogen and oxygen atoms in total. The first kappa shape index (κ1) is 17.2. The molecule has 0 saturated heterocycles. The third-order valence-electron chi connectivity index (χ3n) is 2.44. The van der Waals surface area contributed by atoms with Crippen LogP contribution in [-0.4, -0.2) is 47.3 Å². The Labute approximate surface area is 111 Å². The van der Waals surface area contributed by atoms with Gasteiger partial charge >= 0.3 is 18.1 Å². The number of rotatable bonds is 8. The molecule has 0 spiro atoms. The van der Waals surface area contributed by atoms with Gasteiger partial charge in [-0.15, -0.1) is 0 Å². The summed E-state index contributed by atoms with van der Waals surface area (Å²) in [6.45, 7) is 2.27. The summed E-state index contributed by atoms with van der Waals surface area (Å²) in [6, 6.07) is -2.50. The molecule has 19 heavy (non-hydrogen) atoms. The lowest BCUT2D eigenvalue weighted by atomic mass is 10.1. The lowest BCUT2D eigenvalue weighted by Gasteiger charge is -2.24. The molecular formula is C11H21N3O5. The molecule has 0 bridgehead atoms. The van der Waals surface area contributed by atoms with Gasteiger partial charge in [0, 0.05) is 0 Å². The fraction of sp³-hybridized carbons (Fsp3) is 0.727. The maximum atomic E-state index is 11.7. The molecule has 0 saturated carbocycles. The number of nitrogens with two attached hydrogens (primary N) is 2. The second-order valence-electron chi connectivity index (χ2n) is 3.96. The van der Waals surface area contributed by atoms with E-state index in [-0.39, 0.29) is 19.6 Å². The Morgan fingerprint density at radius 3 is 2.37 bits per heavy atom. The number of primary amides is 1. The Balaban J connectivity index is 4.78. The maximum absolute atomic E-state index is 11.7. The number of hydrogen-bond acceptors (Lipinski definition) is 5. The molecule has 0 aliphatic heterocycles. The number of carbonyl (C=O) groups excluding carboxylic acids is 2. The lowest BCUT2D eigenvalue weighted by molar-refractivity contribution is -0.142. The van der Waals surface area contributed by atoms with Crippen molar-refractivity contribution in [2.75, 3.05) is 13.2 Å². The van der Waals surface area contributed by atoms with Crippen LogP contribution in [-0.2, 0) is 9.53 Å². The van der Waals surface area contributed by atoms with Crippen LogP contribution in [0.4, 0.5) is 9.59 Å². The monoisotopic (exact) mass is 275 g/mol. The summed E-state index contributed by atoms with van der Waals surface area (Å²) in [6.07, 6.45) is 0.782. The maximum Gasteiger partial charge on any atom is 0.418 e. The minimum absolute atomic E-state index is 0.0393. The van der Waals surface area contributed by atoms with Crippen LogP contribution in [0.5, 0.6) is 0 Å². The van der Waals surface area contributed by atoms with Gasteiger partial charge in [0.2, 0.25) is 0 Å². The van der Waals surface area contributed by atoms with Gasteiger partial charge in [0.1, 0.15) is 6.04 Å². The summed E-state index contributed by atoms with van der Waals surface area (Å²) >= 11 is 0. The van der Waals surface area contributed by atoms with Gasteiger partial charge < -0.3 is 21.3 Å². The molecular weight excluding hydrogens is 254 g/mol. The zero-order chi connectivity index (χ0) is 14.8. The fourth-order valence-corrected chi connectivity index (χ4v) is 1.42. The topological polar surface area (TPSA) is 136 Å². The van der Waals surface area contributed by atoms with Gasteiger partial charge in [0.05, 0.1) is 6.61 Å². The highest BCUT2D eigenvalue weighted by Crippen LogP contribution is 2.10. The van der Waals surface area contributed by atoms with E-state index in [0.717, 1.165) is 6.42 Å². The van der Waals surface area contributed by atoms with Crippen LogP contribution in [0.2, 0.25) is 0 Å². The molecule has 0 radical (unpaired) electrons. The van der Waals surface area contributed by atoms with Gasteiger partial charge in [-0.1, -0.05) is 13.3 Å². The van der Waals surface area contributed by atoms with Crippen molar-refractivity contribution in [1.29, 1.82) is 0 Å². The van der Waals surface area contributed by atoms with Gasteiger partial charge in [0.25, 0.3) is 0 Å². The van der Waals surface area contributed by atoms with Crippen molar-refractivity contribution in [2.24, 2.45) is 11.5 Å². The molecule has 1 atom stereocenters. The molecule has 5 N–H and O–H groups in total. The molecule has 0 aromatic heterocycles. The van der Waals surface area contributed by atoms with Crippen LogP contribution >= 0.6 is 0 Å². The Bertz CT molecular complexity index is 321. The quantitative estimate of drug-likeness (QED) is 0.552. The predicted molar refractivity (Wildman–Crippen MR) is 67.4 cm³/mol. The summed E-state index contributed by atoms with van der Waals surface area (Å²) in [7, 11) is 0. The first-order valence-electron chi connectivity index (χ1n) is 6.14. The molecule has 0 aliphatic rings. The number of ether oxygens (including phenoxy) is 1. The SMILES string of the molecule is CCCCOC(=O)N(C(N)=O)[C@@H](CCCN)C(=O)O. The molecule has 8 heteroatoms. The van der Waals surface area contributed by atoms with E-state index in [1.807, 2.05) is 6.92 Å². The van der Waals surface area contributed by atoms with Crippen molar-refractivity contribution in [3.63, 3.8) is 0 Å². The van der Waals surface area contributed by atoms with E-state index < -0.39 is 24.1 Å². The van der Waals surface area contributed by atoms with Crippen LogP contribution < -0.4 is 11.5 Å². The van der Waals surface area contributed by atoms with E-state index >= 15 is 0 Å². The Morgan fingerprint density at radius 1 is 1.32 bits per heavy atom. The van der Waals surface area contributed by atoms with E-state index in [2.05, 4.69) is 0 Å². The van der Waals surface area contributed by atoms with Gasteiger partial charge in [-0.25, -0.2) is 19.3 Å².